The summed E-state index contributed by atoms with van der Waals surface area (Å²) in [6.45, 7) is 0.540. The second kappa shape index (κ2) is 7.29. The number of ether oxygens (including phenoxy) is 2. The lowest BCUT2D eigenvalue weighted by atomic mass is 9.86. The van der Waals surface area contributed by atoms with Gasteiger partial charge in [0.1, 0.15) is 5.56 Å². The van der Waals surface area contributed by atoms with E-state index < -0.39 is 10.8 Å². The molecule has 3 rings (SSSR count). The first kappa shape index (κ1) is 17.5. The molecule has 0 radical (unpaired) electrons. The third-order valence-corrected chi connectivity index (χ3v) is 5.63. The Kier molecular flexibility index (Phi) is 5.11. The molecule has 0 spiro atoms. The summed E-state index contributed by atoms with van der Waals surface area (Å²) in [5, 5.41) is 14.1. The molecule has 2 aliphatic rings. The Balaban J connectivity index is 1.67. The number of methoxy groups -OCH3 is 2. The number of carbonyl (C=O) groups excluding carboxylic acids is 1. The van der Waals surface area contributed by atoms with Gasteiger partial charge in [0.25, 0.3) is 11.6 Å². The summed E-state index contributed by atoms with van der Waals surface area (Å²) in [4.78, 5) is 23.2. The molecule has 1 amide bonds. The first-order chi connectivity index (χ1) is 12.0. The van der Waals surface area contributed by atoms with E-state index in [2.05, 4.69) is 5.32 Å². The minimum Gasteiger partial charge on any atom is -0.493 e. The molecule has 3 atom stereocenters. The van der Waals surface area contributed by atoms with Gasteiger partial charge in [-0.05, 0) is 43.4 Å². The van der Waals surface area contributed by atoms with E-state index in [9.17, 15) is 14.9 Å². The van der Waals surface area contributed by atoms with Crippen LogP contribution < -0.4 is 14.8 Å². The van der Waals surface area contributed by atoms with Crippen LogP contribution in [0.2, 0.25) is 0 Å². The summed E-state index contributed by atoms with van der Waals surface area (Å²) >= 11 is 0. The molecule has 0 saturated heterocycles. The number of nitrogens with one attached hydrogen (secondary N) is 1. The first-order valence-corrected chi connectivity index (χ1v) is 8.72. The van der Waals surface area contributed by atoms with Crippen LogP contribution in [0.5, 0.6) is 11.5 Å². The molecule has 3 unspecified atom stereocenters. The molecule has 1 aromatic rings. The van der Waals surface area contributed by atoms with E-state index in [1.165, 1.54) is 52.0 Å². The highest BCUT2D eigenvalue weighted by molar-refractivity contribution is 5.99. The Labute approximate surface area is 146 Å². The second-order valence-electron chi connectivity index (χ2n) is 6.96. The Morgan fingerprint density at radius 3 is 2.52 bits per heavy atom. The lowest BCUT2D eigenvalue weighted by Gasteiger charge is -2.21. The number of nitro benzene ring substituents is 1. The number of nitrogens with zero attached hydrogens (tertiary/aromatic N) is 1. The third kappa shape index (κ3) is 3.55. The van der Waals surface area contributed by atoms with Crippen LogP contribution >= 0.6 is 0 Å². The molecule has 0 aliphatic heterocycles. The van der Waals surface area contributed by atoms with E-state index in [1.54, 1.807) is 0 Å². The number of nitro groups is 1. The zero-order chi connectivity index (χ0) is 18.0. The molecule has 25 heavy (non-hydrogen) atoms. The summed E-state index contributed by atoms with van der Waals surface area (Å²) < 4.78 is 10.2. The SMILES string of the molecule is COc1cc(C(=O)NCCC2CC3CCC2C3)c([N+](=O)[O-])cc1OC. The fraction of sp³-hybridized carbons (Fsp3) is 0.611. The van der Waals surface area contributed by atoms with Crippen molar-refractivity contribution < 1.29 is 19.2 Å². The predicted molar refractivity (Wildman–Crippen MR) is 92.1 cm³/mol. The van der Waals surface area contributed by atoms with Crippen molar-refractivity contribution in [3.63, 3.8) is 0 Å². The van der Waals surface area contributed by atoms with Crippen molar-refractivity contribution in [2.45, 2.75) is 32.1 Å². The van der Waals surface area contributed by atoms with E-state index in [-0.39, 0.29) is 17.0 Å². The van der Waals surface area contributed by atoms with Gasteiger partial charge in [-0.15, -0.1) is 0 Å². The molecule has 2 bridgehead atoms. The van der Waals surface area contributed by atoms with Gasteiger partial charge in [0, 0.05) is 12.6 Å². The van der Waals surface area contributed by atoms with Crippen molar-refractivity contribution in [2.24, 2.45) is 17.8 Å². The highest BCUT2D eigenvalue weighted by Gasteiger charge is 2.38. The Morgan fingerprint density at radius 1 is 1.24 bits per heavy atom. The highest BCUT2D eigenvalue weighted by atomic mass is 16.6. The van der Waals surface area contributed by atoms with Crippen molar-refractivity contribution in [1.82, 2.24) is 5.32 Å². The van der Waals surface area contributed by atoms with Crippen LogP contribution in [-0.2, 0) is 0 Å². The molecular weight excluding hydrogens is 324 g/mol. The second-order valence-corrected chi connectivity index (χ2v) is 6.96. The largest absolute Gasteiger partial charge is 0.493 e. The van der Waals surface area contributed by atoms with Crippen LogP contribution in [0.1, 0.15) is 42.5 Å². The minimum absolute atomic E-state index is 0.00408. The zero-order valence-electron chi connectivity index (χ0n) is 14.6. The molecule has 0 heterocycles. The van der Waals surface area contributed by atoms with Gasteiger partial charge >= 0.3 is 0 Å². The van der Waals surface area contributed by atoms with E-state index in [0.29, 0.717) is 18.2 Å². The molecular formula is C18H24N2O5. The number of rotatable bonds is 7. The van der Waals surface area contributed by atoms with Gasteiger partial charge in [0.05, 0.1) is 25.2 Å². The molecule has 136 valence electrons. The summed E-state index contributed by atoms with van der Waals surface area (Å²) in [5.41, 5.74) is -0.286. The van der Waals surface area contributed by atoms with Crippen molar-refractivity contribution in [3.8, 4) is 11.5 Å². The topological polar surface area (TPSA) is 90.7 Å². The highest BCUT2D eigenvalue weighted by Crippen LogP contribution is 2.49. The Morgan fingerprint density at radius 2 is 1.96 bits per heavy atom. The number of benzene rings is 1. The lowest BCUT2D eigenvalue weighted by Crippen LogP contribution is -2.27. The van der Waals surface area contributed by atoms with Gasteiger partial charge in [-0.2, -0.15) is 0 Å². The minimum atomic E-state index is -0.577. The van der Waals surface area contributed by atoms with Gasteiger partial charge in [0.2, 0.25) is 0 Å². The van der Waals surface area contributed by atoms with Crippen LogP contribution in [0.15, 0.2) is 12.1 Å². The van der Waals surface area contributed by atoms with E-state index in [0.717, 1.165) is 18.3 Å². The van der Waals surface area contributed by atoms with E-state index in [1.807, 2.05) is 0 Å². The maximum Gasteiger partial charge on any atom is 0.286 e. The first-order valence-electron chi connectivity index (χ1n) is 8.72. The molecule has 1 aromatic carbocycles. The van der Waals surface area contributed by atoms with E-state index >= 15 is 0 Å². The molecule has 0 aromatic heterocycles. The smallest absolute Gasteiger partial charge is 0.286 e. The number of hydrogen-bond donors (Lipinski definition) is 1. The Bertz CT molecular complexity index is 676. The van der Waals surface area contributed by atoms with Crippen LogP contribution in [0.4, 0.5) is 5.69 Å². The normalized spacial score (nSPS) is 24.2. The average molecular weight is 348 g/mol. The van der Waals surface area contributed by atoms with Gasteiger partial charge < -0.3 is 14.8 Å². The molecule has 7 heteroatoms. The van der Waals surface area contributed by atoms with Crippen LogP contribution in [-0.4, -0.2) is 31.6 Å². The summed E-state index contributed by atoms with van der Waals surface area (Å²) in [5.74, 6) is 2.43. The van der Waals surface area contributed by atoms with Crippen molar-refractivity contribution >= 4 is 11.6 Å². The van der Waals surface area contributed by atoms with Gasteiger partial charge in [-0.1, -0.05) is 6.42 Å². The van der Waals surface area contributed by atoms with Crippen LogP contribution in [0, 0.1) is 27.9 Å². The molecule has 7 nitrogen and oxygen atoms in total. The van der Waals surface area contributed by atoms with Crippen molar-refractivity contribution in [1.29, 1.82) is 0 Å². The molecule has 2 fully saturated rings. The predicted octanol–water partition coefficient (Wildman–Crippen LogP) is 3.17. The summed E-state index contributed by atoms with van der Waals surface area (Å²) in [6, 6.07) is 2.59. The third-order valence-electron chi connectivity index (χ3n) is 5.63. The molecule has 2 saturated carbocycles. The monoisotopic (exact) mass is 348 g/mol. The molecule has 1 N–H and O–H groups in total. The summed E-state index contributed by atoms with van der Waals surface area (Å²) in [6.07, 6.45) is 6.20. The summed E-state index contributed by atoms with van der Waals surface area (Å²) in [7, 11) is 2.83. The maximum absolute atomic E-state index is 12.5. The van der Waals surface area contributed by atoms with Crippen molar-refractivity contribution in [3.05, 3.63) is 27.8 Å². The average Bonchev–Trinajstić information content (AvgIpc) is 3.23. The van der Waals surface area contributed by atoms with Crippen LogP contribution in [0.3, 0.4) is 0 Å². The fourth-order valence-corrected chi connectivity index (χ4v) is 4.40. The number of fused-ring (bicyclic) bond motifs is 2. The molecule has 2 aliphatic carbocycles. The Hall–Kier alpha value is -2.31. The maximum atomic E-state index is 12.5. The fourth-order valence-electron chi connectivity index (χ4n) is 4.40. The quantitative estimate of drug-likeness (QED) is 0.604. The van der Waals surface area contributed by atoms with Gasteiger partial charge in [-0.3, -0.25) is 14.9 Å². The van der Waals surface area contributed by atoms with Crippen LogP contribution in [0.25, 0.3) is 0 Å². The van der Waals surface area contributed by atoms with Crippen molar-refractivity contribution in [2.75, 3.05) is 20.8 Å². The van der Waals surface area contributed by atoms with E-state index in [4.69, 9.17) is 9.47 Å². The lowest BCUT2D eigenvalue weighted by molar-refractivity contribution is -0.385. The number of amides is 1. The standard InChI is InChI=1S/C18H24N2O5/c1-24-16-9-14(15(20(22)23)10-17(16)25-2)18(21)19-6-5-13-8-11-3-4-12(13)7-11/h9-13H,3-8H2,1-2H3,(H,19,21). The number of carbonyl (C=O) groups is 1. The van der Waals surface area contributed by atoms with Gasteiger partial charge in [0.15, 0.2) is 11.5 Å². The number of hydrogen-bond acceptors (Lipinski definition) is 5. The van der Waals surface area contributed by atoms with Gasteiger partial charge in [-0.25, -0.2) is 0 Å². The zero-order valence-corrected chi connectivity index (χ0v) is 14.6.